The van der Waals surface area contributed by atoms with Crippen LogP contribution in [0.4, 0.5) is 5.95 Å². The van der Waals surface area contributed by atoms with Crippen LogP contribution in [0.3, 0.4) is 0 Å². The molecule has 0 amide bonds. The van der Waals surface area contributed by atoms with E-state index < -0.39 is 0 Å². The second-order valence-electron chi connectivity index (χ2n) is 7.99. The summed E-state index contributed by atoms with van der Waals surface area (Å²) in [6, 6.07) is 2.12. The van der Waals surface area contributed by atoms with Crippen molar-refractivity contribution in [3.63, 3.8) is 0 Å². The molecule has 3 aliphatic rings. The number of aryl methyl sites for hydroxylation is 1. The van der Waals surface area contributed by atoms with Crippen molar-refractivity contribution in [2.24, 2.45) is 5.10 Å². The summed E-state index contributed by atoms with van der Waals surface area (Å²) >= 11 is 1.70. The summed E-state index contributed by atoms with van der Waals surface area (Å²) in [5, 5.41) is 17.2. The molecule has 0 radical (unpaired) electrons. The number of fused-ring (bicyclic) bond motifs is 2. The van der Waals surface area contributed by atoms with Gasteiger partial charge in [0.05, 0.1) is 20.8 Å². The second-order valence-corrected chi connectivity index (χ2v) is 9.04. The topological polar surface area (TPSA) is 97.6 Å². The van der Waals surface area contributed by atoms with E-state index in [-0.39, 0.29) is 6.17 Å². The van der Waals surface area contributed by atoms with Gasteiger partial charge in [0.15, 0.2) is 0 Å². The monoisotopic (exact) mass is 436 g/mol. The summed E-state index contributed by atoms with van der Waals surface area (Å²) in [4.78, 5) is 11.4. The van der Waals surface area contributed by atoms with E-state index in [0.29, 0.717) is 11.8 Å². The Morgan fingerprint density at radius 3 is 3.00 bits per heavy atom. The van der Waals surface area contributed by atoms with E-state index in [1.165, 1.54) is 15.8 Å². The molecule has 31 heavy (non-hydrogen) atoms. The lowest BCUT2D eigenvalue weighted by Crippen LogP contribution is -2.44. The highest BCUT2D eigenvalue weighted by atomic mass is 32.1. The van der Waals surface area contributed by atoms with Gasteiger partial charge in [-0.3, -0.25) is 0 Å². The van der Waals surface area contributed by atoms with E-state index in [0.717, 1.165) is 54.3 Å². The number of H-pyrrole nitrogens is 1. The lowest BCUT2D eigenvalue weighted by molar-refractivity contribution is 0.336. The Morgan fingerprint density at radius 1 is 1.29 bits per heavy atom. The maximum atomic E-state index is 5.61. The zero-order valence-electron chi connectivity index (χ0n) is 17.5. The van der Waals surface area contributed by atoms with Crippen LogP contribution in [0.25, 0.3) is 26.6 Å². The van der Waals surface area contributed by atoms with E-state index in [9.17, 15) is 0 Å². The van der Waals surface area contributed by atoms with Gasteiger partial charge in [-0.25, -0.2) is 5.01 Å². The molecule has 1 atom stereocenters. The van der Waals surface area contributed by atoms with Crippen LogP contribution in [0.2, 0.25) is 0 Å². The van der Waals surface area contributed by atoms with E-state index >= 15 is 0 Å². The molecular weight excluding hydrogens is 412 g/mol. The maximum absolute atomic E-state index is 5.61. The zero-order valence-corrected chi connectivity index (χ0v) is 18.3. The summed E-state index contributed by atoms with van der Waals surface area (Å²) in [5.74, 6) is 1.26. The third kappa shape index (κ3) is 3.05. The first-order chi connectivity index (χ1) is 15.2. The van der Waals surface area contributed by atoms with Gasteiger partial charge in [0.25, 0.3) is 11.8 Å². The number of piperazine rings is 1. The fraction of sp³-hybridized carbons (Fsp3) is 0.381. The molecule has 160 valence electrons. The number of hydrogen-bond acceptors (Lipinski definition) is 9. The van der Waals surface area contributed by atoms with Gasteiger partial charge < -0.3 is 25.0 Å². The SMILES string of the molecule is CCc1c(C2=CN3N=CNC3C(C)=C2)[nH]c2cc(-c3nc(N4CCNCC4)no3)sc12. The highest BCUT2D eigenvalue weighted by Crippen LogP contribution is 2.40. The molecule has 1 saturated heterocycles. The summed E-state index contributed by atoms with van der Waals surface area (Å²) in [7, 11) is 0. The van der Waals surface area contributed by atoms with E-state index in [2.05, 4.69) is 67.9 Å². The molecular formula is C21H24N8OS. The Bertz CT molecular complexity index is 1230. The van der Waals surface area contributed by atoms with Gasteiger partial charge in [-0.05, 0) is 41.8 Å². The van der Waals surface area contributed by atoms with Crippen molar-refractivity contribution in [1.29, 1.82) is 0 Å². The average molecular weight is 437 g/mol. The Morgan fingerprint density at radius 2 is 2.16 bits per heavy atom. The lowest BCUT2D eigenvalue weighted by Gasteiger charge is -2.26. The third-order valence-corrected chi connectivity index (χ3v) is 7.19. The van der Waals surface area contributed by atoms with Gasteiger partial charge >= 0.3 is 0 Å². The number of thiophene rings is 1. The van der Waals surface area contributed by atoms with Gasteiger partial charge in [0.2, 0.25) is 0 Å². The van der Waals surface area contributed by atoms with Crippen molar-refractivity contribution < 1.29 is 4.52 Å². The van der Waals surface area contributed by atoms with Crippen LogP contribution in [0.5, 0.6) is 0 Å². The smallest absolute Gasteiger partial charge is 0.269 e. The molecule has 10 heteroatoms. The van der Waals surface area contributed by atoms with Crippen molar-refractivity contribution >= 4 is 39.4 Å². The molecule has 9 nitrogen and oxygen atoms in total. The number of nitrogens with one attached hydrogen (secondary N) is 3. The minimum atomic E-state index is 0.124. The Hall–Kier alpha value is -3.11. The lowest BCUT2D eigenvalue weighted by atomic mass is 10.0. The zero-order chi connectivity index (χ0) is 20.9. The maximum Gasteiger partial charge on any atom is 0.269 e. The van der Waals surface area contributed by atoms with E-state index in [1.54, 1.807) is 17.7 Å². The second kappa shape index (κ2) is 7.24. The molecule has 0 aliphatic carbocycles. The van der Waals surface area contributed by atoms with E-state index in [4.69, 9.17) is 4.52 Å². The van der Waals surface area contributed by atoms with Crippen LogP contribution < -0.4 is 15.5 Å². The fourth-order valence-electron chi connectivity index (χ4n) is 4.43. The predicted octanol–water partition coefficient (Wildman–Crippen LogP) is 2.73. The molecule has 6 heterocycles. The van der Waals surface area contributed by atoms with Gasteiger partial charge in [0, 0.05) is 38.0 Å². The number of hydrogen-bond donors (Lipinski definition) is 3. The minimum Gasteiger partial charge on any atom is -0.354 e. The van der Waals surface area contributed by atoms with Crippen LogP contribution >= 0.6 is 11.3 Å². The van der Waals surface area contributed by atoms with Crippen molar-refractivity contribution in [2.75, 3.05) is 31.1 Å². The number of allylic oxidation sites excluding steroid dienone is 2. The largest absolute Gasteiger partial charge is 0.354 e. The Balaban J connectivity index is 1.34. The summed E-state index contributed by atoms with van der Waals surface area (Å²) < 4.78 is 6.85. The standard InChI is InChI=1S/C21H24N8OS/c1-3-14-17(13-8-12(2)19-23-11-24-29(19)10-13)25-15-9-16(31-18(14)15)20-26-21(27-30-20)28-6-4-22-5-7-28/h8-11,19,22,25H,3-7H2,1-2H3,(H,23,24). The van der Waals surface area contributed by atoms with Crippen molar-refractivity contribution in [1.82, 2.24) is 30.8 Å². The Labute approximate surface area is 183 Å². The van der Waals surface area contributed by atoms with Crippen molar-refractivity contribution in [2.45, 2.75) is 26.4 Å². The number of rotatable bonds is 4. The highest BCUT2D eigenvalue weighted by molar-refractivity contribution is 7.22. The van der Waals surface area contributed by atoms with E-state index in [1.807, 2.05) is 5.01 Å². The first-order valence-corrected chi connectivity index (χ1v) is 11.4. The normalized spacial score (nSPS) is 20.8. The molecule has 3 aromatic rings. The number of aromatic amines is 1. The summed E-state index contributed by atoms with van der Waals surface area (Å²) in [6.07, 6.45) is 7.14. The van der Waals surface area contributed by atoms with Crippen LogP contribution in [0.15, 0.2) is 33.5 Å². The molecule has 0 saturated carbocycles. The van der Waals surface area contributed by atoms with Crippen LogP contribution in [-0.4, -0.2) is 58.8 Å². The predicted molar refractivity (Wildman–Crippen MR) is 123 cm³/mol. The van der Waals surface area contributed by atoms with Gasteiger partial charge in [-0.15, -0.1) is 11.3 Å². The molecule has 3 N–H and O–H groups in total. The molecule has 0 aromatic carbocycles. The van der Waals surface area contributed by atoms with Crippen molar-refractivity contribution in [3.05, 3.63) is 35.2 Å². The molecule has 6 rings (SSSR count). The summed E-state index contributed by atoms with van der Waals surface area (Å²) in [5.41, 5.74) is 5.95. The molecule has 1 fully saturated rings. The van der Waals surface area contributed by atoms with Crippen LogP contribution in [0.1, 0.15) is 25.1 Å². The average Bonchev–Trinajstić information content (AvgIpc) is 3.56. The van der Waals surface area contributed by atoms with Crippen LogP contribution in [0, 0.1) is 0 Å². The first-order valence-electron chi connectivity index (χ1n) is 10.6. The number of anilines is 1. The number of hydrazone groups is 1. The quantitative estimate of drug-likeness (QED) is 0.579. The molecule has 3 aliphatic heterocycles. The molecule has 0 spiro atoms. The van der Waals surface area contributed by atoms with Crippen LogP contribution in [-0.2, 0) is 6.42 Å². The summed E-state index contributed by atoms with van der Waals surface area (Å²) in [6.45, 7) is 8.00. The third-order valence-electron chi connectivity index (χ3n) is 6.01. The van der Waals surface area contributed by atoms with Crippen molar-refractivity contribution in [3.8, 4) is 10.8 Å². The Kier molecular flexibility index (Phi) is 4.35. The van der Waals surface area contributed by atoms with Gasteiger partial charge in [-0.2, -0.15) is 10.1 Å². The fourth-order valence-corrected chi connectivity index (χ4v) is 5.59. The number of nitrogens with zero attached hydrogens (tertiary/aromatic N) is 5. The molecule has 3 aromatic heterocycles. The van der Waals surface area contributed by atoms with Gasteiger partial charge in [-0.1, -0.05) is 6.92 Å². The molecule has 0 bridgehead atoms. The number of aromatic nitrogens is 3. The highest BCUT2D eigenvalue weighted by Gasteiger charge is 2.27. The molecule has 1 unspecified atom stereocenters. The van der Waals surface area contributed by atoms with Gasteiger partial charge in [0.1, 0.15) is 12.5 Å². The first kappa shape index (κ1) is 18.6. The minimum absolute atomic E-state index is 0.124.